The van der Waals surface area contributed by atoms with E-state index in [2.05, 4.69) is 15.2 Å². The Morgan fingerprint density at radius 1 is 1.19 bits per heavy atom. The standard InChI is InChI=1S/C21H22F3N5O3/c1-4-28(14(2)13-32-19-8-5-15(12-25-19)21(22,23)24)20(30)17-11-16(31-3)6-7-18(17)29-26-9-10-27-29/h5-12,14H,4,13H2,1-3H3. The van der Waals surface area contributed by atoms with Crippen LogP contribution in [0.25, 0.3) is 5.69 Å². The van der Waals surface area contributed by atoms with Gasteiger partial charge in [-0.25, -0.2) is 4.98 Å². The lowest BCUT2D eigenvalue weighted by Gasteiger charge is -2.28. The molecule has 1 aromatic carbocycles. The van der Waals surface area contributed by atoms with E-state index >= 15 is 0 Å². The molecule has 0 aliphatic carbocycles. The molecule has 8 nitrogen and oxygen atoms in total. The van der Waals surface area contributed by atoms with E-state index in [4.69, 9.17) is 9.47 Å². The molecule has 11 heteroatoms. The van der Waals surface area contributed by atoms with Gasteiger partial charge >= 0.3 is 6.18 Å². The van der Waals surface area contributed by atoms with Crippen molar-refractivity contribution in [2.75, 3.05) is 20.3 Å². The molecule has 1 atom stereocenters. The van der Waals surface area contributed by atoms with Crippen LogP contribution in [0.2, 0.25) is 0 Å². The predicted octanol–water partition coefficient (Wildman–Crippen LogP) is 3.62. The van der Waals surface area contributed by atoms with Gasteiger partial charge in [0.25, 0.3) is 5.91 Å². The Morgan fingerprint density at radius 2 is 1.91 bits per heavy atom. The third kappa shape index (κ3) is 5.16. The molecule has 2 heterocycles. The Balaban J connectivity index is 1.77. The van der Waals surface area contributed by atoms with Crippen LogP contribution in [-0.2, 0) is 6.18 Å². The van der Waals surface area contributed by atoms with Crippen molar-refractivity contribution in [3.63, 3.8) is 0 Å². The van der Waals surface area contributed by atoms with E-state index in [0.717, 1.165) is 12.1 Å². The van der Waals surface area contributed by atoms with Gasteiger partial charge in [-0.2, -0.15) is 28.2 Å². The molecule has 0 aliphatic heterocycles. The van der Waals surface area contributed by atoms with E-state index in [9.17, 15) is 18.0 Å². The summed E-state index contributed by atoms with van der Waals surface area (Å²) < 4.78 is 48.8. The molecule has 0 bridgehead atoms. The summed E-state index contributed by atoms with van der Waals surface area (Å²) in [4.78, 5) is 20.0. The fraction of sp³-hybridized carbons (Fsp3) is 0.333. The zero-order valence-electron chi connectivity index (χ0n) is 17.7. The van der Waals surface area contributed by atoms with Gasteiger partial charge in [-0.05, 0) is 38.1 Å². The summed E-state index contributed by atoms with van der Waals surface area (Å²) in [5.74, 6) is 0.240. The fourth-order valence-corrected chi connectivity index (χ4v) is 3.07. The van der Waals surface area contributed by atoms with Crippen molar-refractivity contribution in [3.05, 3.63) is 60.0 Å². The minimum Gasteiger partial charge on any atom is -0.497 e. The number of benzene rings is 1. The minimum absolute atomic E-state index is 0.0381. The maximum Gasteiger partial charge on any atom is 0.417 e. The maximum absolute atomic E-state index is 13.4. The number of halogens is 3. The van der Waals surface area contributed by atoms with E-state index in [0.29, 0.717) is 29.7 Å². The Morgan fingerprint density at radius 3 is 2.47 bits per heavy atom. The van der Waals surface area contributed by atoms with Gasteiger partial charge in [0.1, 0.15) is 12.4 Å². The average Bonchev–Trinajstić information content (AvgIpc) is 3.32. The third-order valence-corrected chi connectivity index (χ3v) is 4.74. The van der Waals surface area contributed by atoms with Gasteiger partial charge in [0.05, 0.1) is 42.4 Å². The van der Waals surface area contributed by atoms with Crippen LogP contribution in [-0.4, -0.2) is 57.1 Å². The summed E-state index contributed by atoms with van der Waals surface area (Å²) in [7, 11) is 1.50. The zero-order valence-corrected chi connectivity index (χ0v) is 17.7. The molecule has 0 saturated carbocycles. The highest BCUT2D eigenvalue weighted by Crippen LogP contribution is 2.29. The number of aromatic nitrogens is 4. The molecule has 2 aromatic heterocycles. The third-order valence-electron chi connectivity index (χ3n) is 4.74. The van der Waals surface area contributed by atoms with Crippen molar-refractivity contribution in [1.82, 2.24) is 24.9 Å². The topological polar surface area (TPSA) is 82.4 Å². The molecule has 170 valence electrons. The highest BCUT2D eigenvalue weighted by atomic mass is 19.4. The normalized spacial score (nSPS) is 12.3. The van der Waals surface area contributed by atoms with Crippen LogP contribution >= 0.6 is 0 Å². The second-order valence-electron chi connectivity index (χ2n) is 6.84. The monoisotopic (exact) mass is 449 g/mol. The number of pyridine rings is 1. The van der Waals surface area contributed by atoms with Crippen molar-refractivity contribution < 1.29 is 27.4 Å². The second-order valence-corrected chi connectivity index (χ2v) is 6.84. The average molecular weight is 449 g/mol. The molecule has 32 heavy (non-hydrogen) atoms. The smallest absolute Gasteiger partial charge is 0.417 e. The summed E-state index contributed by atoms with van der Waals surface area (Å²) >= 11 is 0. The summed E-state index contributed by atoms with van der Waals surface area (Å²) in [6, 6.07) is 6.64. The van der Waals surface area contributed by atoms with Gasteiger partial charge in [-0.15, -0.1) is 0 Å². The highest BCUT2D eigenvalue weighted by molar-refractivity contribution is 5.98. The Hall–Kier alpha value is -3.63. The molecule has 0 fully saturated rings. The van der Waals surface area contributed by atoms with E-state index in [1.54, 1.807) is 30.0 Å². The minimum atomic E-state index is -4.47. The van der Waals surface area contributed by atoms with Crippen LogP contribution in [0, 0.1) is 0 Å². The van der Waals surface area contributed by atoms with Gasteiger partial charge in [0.2, 0.25) is 5.88 Å². The van der Waals surface area contributed by atoms with Crippen LogP contribution in [0.1, 0.15) is 29.8 Å². The van der Waals surface area contributed by atoms with E-state index < -0.39 is 17.8 Å². The lowest BCUT2D eigenvalue weighted by atomic mass is 10.1. The number of ether oxygens (including phenoxy) is 2. The second kappa shape index (κ2) is 9.67. The summed E-state index contributed by atoms with van der Waals surface area (Å²) in [5, 5.41) is 8.19. The Bertz CT molecular complexity index is 1040. The molecule has 1 amide bonds. The number of rotatable bonds is 8. The first kappa shape index (κ1) is 23.0. The summed E-state index contributed by atoms with van der Waals surface area (Å²) in [5.41, 5.74) is -0.0419. The van der Waals surface area contributed by atoms with Crippen molar-refractivity contribution in [1.29, 1.82) is 0 Å². The van der Waals surface area contributed by atoms with Gasteiger partial charge in [-0.1, -0.05) is 0 Å². The number of likely N-dealkylation sites (N-methyl/N-ethyl adjacent to an activating group) is 1. The first-order chi connectivity index (χ1) is 15.2. The van der Waals surface area contributed by atoms with Gasteiger partial charge in [0.15, 0.2) is 0 Å². The van der Waals surface area contributed by atoms with Crippen LogP contribution in [0.3, 0.4) is 0 Å². The lowest BCUT2D eigenvalue weighted by Crippen LogP contribution is -2.42. The molecule has 1 unspecified atom stereocenters. The van der Waals surface area contributed by atoms with Crippen molar-refractivity contribution in [2.45, 2.75) is 26.1 Å². The van der Waals surface area contributed by atoms with E-state index in [-0.39, 0.29) is 18.4 Å². The molecule has 3 aromatic rings. The lowest BCUT2D eigenvalue weighted by molar-refractivity contribution is -0.137. The molecule has 0 saturated heterocycles. The first-order valence-corrected chi connectivity index (χ1v) is 9.76. The number of nitrogens with zero attached hydrogens (tertiary/aromatic N) is 5. The number of hydrogen-bond donors (Lipinski definition) is 0. The maximum atomic E-state index is 13.4. The molecule has 0 aliphatic rings. The first-order valence-electron chi connectivity index (χ1n) is 9.76. The quantitative estimate of drug-likeness (QED) is 0.523. The SMILES string of the molecule is CCN(C(=O)c1cc(OC)ccc1-n1nccn1)C(C)COc1ccc(C(F)(F)F)cn1. The predicted molar refractivity (Wildman–Crippen MR) is 109 cm³/mol. The molecule has 0 spiro atoms. The number of carbonyl (C=O) groups is 1. The van der Waals surface area contributed by atoms with Crippen LogP contribution in [0.4, 0.5) is 13.2 Å². The van der Waals surface area contributed by atoms with Crippen molar-refractivity contribution in [3.8, 4) is 17.3 Å². The van der Waals surface area contributed by atoms with Crippen molar-refractivity contribution >= 4 is 5.91 Å². The molecular weight excluding hydrogens is 427 g/mol. The highest BCUT2D eigenvalue weighted by Gasteiger charge is 2.31. The molecule has 0 radical (unpaired) electrons. The van der Waals surface area contributed by atoms with Crippen molar-refractivity contribution in [2.24, 2.45) is 0 Å². The summed E-state index contributed by atoms with van der Waals surface area (Å²) in [6.45, 7) is 4.00. The van der Waals surface area contributed by atoms with Crippen LogP contribution in [0.15, 0.2) is 48.9 Å². The largest absolute Gasteiger partial charge is 0.497 e. The molecular formula is C21H22F3N5O3. The summed E-state index contributed by atoms with van der Waals surface area (Å²) in [6.07, 6.45) is -0.752. The fourth-order valence-electron chi connectivity index (χ4n) is 3.07. The molecule has 0 N–H and O–H groups in total. The Kier molecular flexibility index (Phi) is 6.96. The van der Waals surface area contributed by atoms with E-state index in [1.807, 2.05) is 6.92 Å². The number of alkyl halides is 3. The Labute approximate surface area is 182 Å². The van der Waals surface area contributed by atoms with Crippen LogP contribution in [0.5, 0.6) is 11.6 Å². The molecule has 3 rings (SSSR count). The van der Waals surface area contributed by atoms with Gasteiger partial charge in [0, 0.05) is 18.8 Å². The van der Waals surface area contributed by atoms with E-state index in [1.165, 1.54) is 24.3 Å². The van der Waals surface area contributed by atoms with Crippen LogP contribution < -0.4 is 9.47 Å². The number of carbonyl (C=O) groups excluding carboxylic acids is 1. The number of methoxy groups -OCH3 is 1. The number of amides is 1. The van der Waals surface area contributed by atoms with Gasteiger partial charge < -0.3 is 14.4 Å². The number of hydrogen-bond acceptors (Lipinski definition) is 6. The van der Waals surface area contributed by atoms with Gasteiger partial charge in [-0.3, -0.25) is 4.79 Å². The zero-order chi connectivity index (χ0) is 23.3.